The highest BCUT2D eigenvalue weighted by Crippen LogP contribution is 2.40. The first kappa shape index (κ1) is 17.9. The van der Waals surface area contributed by atoms with E-state index in [1.807, 2.05) is 32.0 Å². The predicted molar refractivity (Wildman–Crippen MR) is 114 cm³/mol. The molecule has 3 aromatic rings. The standard InChI is InChI=1S/C24H24ClNO/c1-17(2)27-23-10-6-9-22(24(23)25)26-16-21(26)15-18-11-13-20(14-12-18)19-7-4-3-5-8-19/h3-14,17,21H,15-16H2,1-2H3. The van der Waals surface area contributed by atoms with Gasteiger partial charge in [-0.2, -0.15) is 0 Å². The molecule has 1 heterocycles. The summed E-state index contributed by atoms with van der Waals surface area (Å²) in [5.41, 5.74) is 4.94. The molecule has 1 atom stereocenters. The monoisotopic (exact) mass is 377 g/mol. The number of ether oxygens (including phenoxy) is 1. The molecule has 27 heavy (non-hydrogen) atoms. The molecule has 138 valence electrons. The van der Waals surface area contributed by atoms with Crippen molar-refractivity contribution in [2.75, 3.05) is 11.4 Å². The molecule has 1 saturated heterocycles. The summed E-state index contributed by atoms with van der Waals surface area (Å²) in [5, 5.41) is 0.716. The zero-order valence-corrected chi connectivity index (χ0v) is 16.5. The minimum atomic E-state index is 0.117. The van der Waals surface area contributed by atoms with Crippen LogP contribution in [-0.4, -0.2) is 18.7 Å². The molecule has 0 aromatic heterocycles. The Morgan fingerprint density at radius 3 is 2.33 bits per heavy atom. The predicted octanol–water partition coefficient (Wildman–Crippen LogP) is 6.23. The van der Waals surface area contributed by atoms with Gasteiger partial charge in [-0.1, -0.05) is 72.3 Å². The molecule has 0 amide bonds. The normalized spacial score (nSPS) is 15.9. The number of hydrogen-bond donors (Lipinski definition) is 0. The summed E-state index contributed by atoms with van der Waals surface area (Å²) >= 11 is 6.58. The number of rotatable bonds is 6. The van der Waals surface area contributed by atoms with Crippen molar-refractivity contribution in [1.82, 2.24) is 0 Å². The molecular formula is C24H24ClNO. The van der Waals surface area contributed by atoms with Gasteiger partial charge in [-0.05, 0) is 49.1 Å². The van der Waals surface area contributed by atoms with Crippen molar-refractivity contribution in [3.05, 3.63) is 83.4 Å². The fourth-order valence-electron chi connectivity index (χ4n) is 3.45. The first-order valence-corrected chi connectivity index (χ1v) is 9.86. The van der Waals surface area contributed by atoms with Gasteiger partial charge in [-0.15, -0.1) is 0 Å². The van der Waals surface area contributed by atoms with Gasteiger partial charge in [0.1, 0.15) is 10.8 Å². The number of anilines is 1. The molecule has 1 fully saturated rings. The van der Waals surface area contributed by atoms with Crippen molar-refractivity contribution in [3.8, 4) is 16.9 Å². The van der Waals surface area contributed by atoms with Gasteiger partial charge < -0.3 is 9.64 Å². The average Bonchev–Trinajstić information content (AvgIpc) is 3.43. The molecule has 1 aliphatic heterocycles. The van der Waals surface area contributed by atoms with Crippen molar-refractivity contribution >= 4 is 17.3 Å². The number of nitrogens with zero attached hydrogens (tertiary/aromatic N) is 1. The number of hydrogen-bond acceptors (Lipinski definition) is 2. The Labute approximate surface area is 166 Å². The average molecular weight is 378 g/mol. The highest BCUT2D eigenvalue weighted by molar-refractivity contribution is 6.34. The van der Waals surface area contributed by atoms with Gasteiger partial charge in [-0.25, -0.2) is 0 Å². The third-order valence-corrected chi connectivity index (χ3v) is 5.24. The summed E-state index contributed by atoms with van der Waals surface area (Å²) in [7, 11) is 0. The van der Waals surface area contributed by atoms with Crippen molar-refractivity contribution in [1.29, 1.82) is 0 Å². The fourth-order valence-corrected chi connectivity index (χ4v) is 3.73. The summed E-state index contributed by atoms with van der Waals surface area (Å²) in [5.74, 6) is 0.766. The summed E-state index contributed by atoms with van der Waals surface area (Å²) < 4.78 is 5.81. The van der Waals surface area contributed by atoms with Gasteiger partial charge >= 0.3 is 0 Å². The second-order valence-corrected chi connectivity index (χ2v) is 7.71. The Hall–Kier alpha value is -2.45. The molecule has 0 saturated carbocycles. The number of halogens is 1. The molecule has 3 aromatic carbocycles. The lowest BCUT2D eigenvalue weighted by Crippen LogP contribution is -2.07. The summed E-state index contributed by atoms with van der Waals surface area (Å²) in [4.78, 5) is 2.35. The van der Waals surface area contributed by atoms with Crippen LogP contribution in [-0.2, 0) is 6.42 Å². The smallest absolute Gasteiger partial charge is 0.140 e. The lowest BCUT2D eigenvalue weighted by atomic mass is 10.0. The number of benzene rings is 3. The molecule has 0 bridgehead atoms. The first-order chi connectivity index (χ1) is 13.1. The molecule has 4 rings (SSSR count). The maximum absolute atomic E-state index is 6.58. The van der Waals surface area contributed by atoms with Crippen LogP contribution >= 0.6 is 11.6 Å². The van der Waals surface area contributed by atoms with E-state index in [0.717, 1.165) is 24.4 Å². The lowest BCUT2D eigenvalue weighted by Gasteiger charge is -2.15. The zero-order valence-electron chi connectivity index (χ0n) is 15.7. The van der Waals surface area contributed by atoms with Crippen LogP contribution in [0.3, 0.4) is 0 Å². The second-order valence-electron chi connectivity index (χ2n) is 7.33. The van der Waals surface area contributed by atoms with Crippen LogP contribution in [0.25, 0.3) is 11.1 Å². The van der Waals surface area contributed by atoms with Crippen molar-refractivity contribution < 1.29 is 4.74 Å². The topological polar surface area (TPSA) is 12.2 Å². The van der Waals surface area contributed by atoms with Gasteiger partial charge in [-0.3, -0.25) is 0 Å². The van der Waals surface area contributed by atoms with E-state index in [1.165, 1.54) is 16.7 Å². The molecule has 0 aliphatic carbocycles. The van der Waals surface area contributed by atoms with Crippen LogP contribution in [0.4, 0.5) is 5.69 Å². The van der Waals surface area contributed by atoms with E-state index >= 15 is 0 Å². The maximum atomic E-state index is 6.58. The molecule has 0 radical (unpaired) electrons. The summed E-state index contributed by atoms with van der Waals surface area (Å²) in [6.45, 7) is 5.07. The highest BCUT2D eigenvalue weighted by Gasteiger charge is 2.35. The van der Waals surface area contributed by atoms with E-state index in [1.54, 1.807) is 0 Å². The Morgan fingerprint density at radius 2 is 1.63 bits per heavy atom. The van der Waals surface area contributed by atoms with E-state index in [4.69, 9.17) is 16.3 Å². The Kier molecular flexibility index (Phi) is 5.09. The first-order valence-electron chi connectivity index (χ1n) is 9.48. The molecule has 3 heteroatoms. The highest BCUT2D eigenvalue weighted by atomic mass is 35.5. The summed E-state index contributed by atoms with van der Waals surface area (Å²) in [6, 6.07) is 25.9. The third kappa shape index (κ3) is 4.12. The van der Waals surface area contributed by atoms with Gasteiger partial charge in [0.05, 0.1) is 17.8 Å². The van der Waals surface area contributed by atoms with Crippen LogP contribution in [0.5, 0.6) is 5.75 Å². The van der Waals surface area contributed by atoms with E-state index in [2.05, 4.69) is 59.5 Å². The van der Waals surface area contributed by atoms with Crippen molar-refractivity contribution in [3.63, 3.8) is 0 Å². The van der Waals surface area contributed by atoms with Crippen LogP contribution < -0.4 is 9.64 Å². The lowest BCUT2D eigenvalue weighted by molar-refractivity contribution is 0.242. The Morgan fingerprint density at radius 1 is 0.926 bits per heavy atom. The van der Waals surface area contributed by atoms with Gasteiger partial charge in [0, 0.05) is 6.54 Å². The summed E-state index contributed by atoms with van der Waals surface area (Å²) in [6.07, 6.45) is 1.14. The quantitative estimate of drug-likeness (QED) is 0.472. The molecule has 1 unspecified atom stereocenters. The van der Waals surface area contributed by atoms with E-state index < -0.39 is 0 Å². The fraction of sp³-hybridized carbons (Fsp3) is 0.250. The molecule has 0 N–H and O–H groups in total. The van der Waals surface area contributed by atoms with Crippen molar-refractivity contribution in [2.45, 2.75) is 32.4 Å². The van der Waals surface area contributed by atoms with Crippen LogP contribution in [0, 0.1) is 0 Å². The second kappa shape index (κ2) is 7.66. The molecule has 2 nitrogen and oxygen atoms in total. The van der Waals surface area contributed by atoms with Gasteiger partial charge in [0.25, 0.3) is 0 Å². The van der Waals surface area contributed by atoms with E-state index in [9.17, 15) is 0 Å². The SMILES string of the molecule is CC(C)Oc1cccc(N2CC2Cc2ccc(-c3ccccc3)cc2)c1Cl. The zero-order chi connectivity index (χ0) is 18.8. The van der Waals surface area contributed by atoms with Crippen LogP contribution in [0.15, 0.2) is 72.8 Å². The minimum absolute atomic E-state index is 0.117. The Balaban J connectivity index is 1.43. The van der Waals surface area contributed by atoms with Gasteiger partial charge in [0.15, 0.2) is 0 Å². The van der Waals surface area contributed by atoms with Crippen LogP contribution in [0.2, 0.25) is 5.02 Å². The third-order valence-electron chi connectivity index (χ3n) is 4.86. The van der Waals surface area contributed by atoms with Crippen LogP contribution in [0.1, 0.15) is 19.4 Å². The minimum Gasteiger partial charge on any atom is -0.489 e. The molecule has 1 aliphatic rings. The van der Waals surface area contributed by atoms with E-state index in [-0.39, 0.29) is 6.10 Å². The molecule has 0 spiro atoms. The van der Waals surface area contributed by atoms with Gasteiger partial charge in [0.2, 0.25) is 0 Å². The van der Waals surface area contributed by atoms with Crippen molar-refractivity contribution in [2.24, 2.45) is 0 Å². The maximum Gasteiger partial charge on any atom is 0.140 e. The molecular weight excluding hydrogens is 354 g/mol. The Bertz CT molecular complexity index is 905. The largest absolute Gasteiger partial charge is 0.489 e. The van der Waals surface area contributed by atoms with E-state index in [0.29, 0.717) is 11.1 Å².